The van der Waals surface area contributed by atoms with Crippen LogP contribution in [0.4, 0.5) is 0 Å². The van der Waals surface area contributed by atoms with Crippen LogP contribution < -0.4 is 10.6 Å². The molecule has 1 saturated carbocycles. The van der Waals surface area contributed by atoms with Crippen molar-refractivity contribution in [3.8, 4) is 0 Å². The second-order valence-corrected chi connectivity index (χ2v) is 8.62. The van der Waals surface area contributed by atoms with Crippen LogP contribution in [0.2, 0.25) is 0 Å². The molecule has 2 aliphatic rings. The first-order valence-corrected chi connectivity index (χ1v) is 11.1. The first kappa shape index (κ1) is 21.1. The fourth-order valence-corrected chi connectivity index (χ4v) is 4.59. The lowest BCUT2D eigenvalue weighted by molar-refractivity contribution is 0.120. The minimum Gasteiger partial charge on any atom is -0.357 e. The molecule has 2 N–H and O–H groups in total. The highest BCUT2D eigenvalue weighted by Crippen LogP contribution is 2.41. The summed E-state index contributed by atoms with van der Waals surface area (Å²) in [6.07, 6.45) is 5.12. The summed E-state index contributed by atoms with van der Waals surface area (Å²) in [5, 5.41) is 7.06. The van der Waals surface area contributed by atoms with Crippen molar-refractivity contribution in [3.63, 3.8) is 0 Å². The summed E-state index contributed by atoms with van der Waals surface area (Å²) in [7, 11) is 2.21. The molecule has 0 bridgehead atoms. The molecular weight excluding hydrogens is 346 g/mol. The number of nitrogens with one attached hydrogen (secondary N) is 2. The molecule has 1 saturated heterocycles. The molecule has 1 aromatic carbocycles. The molecule has 28 heavy (non-hydrogen) atoms. The normalized spacial score (nSPS) is 22.2. The summed E-state index contributed by atoms with van der Waals surface area (Å²) in [5.41, 5.74) is 1.67. The number of piperazine rings is 1. The number of guanidine groups is 1. The zero-order chi connectivity index (χ0) is 19.8. The van der Waals surface area contributed by atoms with Crippen LogP contribution in [0.25, 0.3) is 0 Å². The quantitative estimate of drug-likeness (QED) is 0.559. The van der Waals surface area contributed by atoms with Gasteiger partial charge in [-0.15, -0.1) is 0 Å². The highest BCUT2D eigenvalue weighted by molar-refractivity contribution is 5.79. The monoisotopic (exact) mass is 385 g/mol. The van der Waals surface area contributed by atoms with E-state index in [9.17, 15) is 0 Å². The van der Waals surface area contributed by atoms with Crippen LogP contribution >= 0.6 is 0 Å². The van der Waals surface area contributed by atoms with Crippen LogP contribution in [0.15, 0.2) is 35.3 Å². The Morgan fingerprint density at radius 1 is 1.07 bits per heavy atom. The van der Waals surface area contributed by atoms with Gasteiger partial charge in [-0.1, -0.05) is 43.2 Å². The molecule has 1 atom stereocenters. The van der Waals surface area contributed by atoms with E-state index in [-0.39, 0.29) is 5.41 Å². The maximum Gasteiger partial charge on any atom is 0.191 e. The predicted molar refractivity (Wildman–Crippen MR) is 119 cm³/mol. The van der Waals surface area contributed by atoms with Gasteiger partial charge in [0.2, 0.25) is 0 Å². The average molecular weight is 386 g/mol. The van der Waals surface area contributed by atoms with Crippen LogP contribution in [0.5, 0.6) is 0 Å². The van der Waals surface area contributed by atoms with Crippen molar-refractivity contribution in [1.82, 2.24) is 20.4 Å². The lowest BCUT2D eigenvalue weighted by Crippen LogP contribution is -2.52. The van der Waals surface area contributed by atoms with E-state index in [4.69, 9.17) is 4.99 Å². The van der Waals surface area contributed by atoms with E-state index in [0.29, 0.717) is 6.04 Å². The number of hydrogen-bond donors (Lipinski definition) is 2. The van der Waals surface area contributed by atoms with Gasteiger partial charge in [-0.25, -0.2) is 0 Å². The van der Waals surface area contributed by atoms with E-state index in [1.807, 2.05) is 0 Å². The first-order valence-electron chi connectivity index (χ1n) is 11.1. The molecule has 5 nitrogen and oxygen atoms in total. The third-order valence-corrected chi connectivity index (χ3v) is 6.56. The van der Waals surface area contributed by atoms with Gasteiger partial charge in [-0.05, 0) is 39.3 Å². The van der Waals surface area contributed by atoms with Crippen molar-refractivity contribution >= 4 is 5.96 Å². The minimum absolute atomic E-state index is 0.215. The summed E-state index contributed by atoms with van der Waals surface area (Å²) in [6, 6.07) is 11.5. The molecule has 156 valence electrons. The molecular formula is C23H39N5. The zero-order valence-corrected chi connectivity index (χ0v) is 18.1. The molecule has 0 aromatic heterocycles. The van der Waals surface area contributed by atoms with Gasteiger partial charge in [0.1, 0.15) is 0 Å². The summed E-state index contributed by atoms with van der Waals surface area (Å²) >= 11 is 0. The van der Waals surface area contributed by atoms with Gasteiger partial charge >= 0.3 is 0 Å². The van der Waals surface area contributed by atoms with Gasteiger partial charge < -0.3 is 15.5 Å². The first-order chi connectivity index (χ1) is 13.6. The van der Waals surface area contributed by atoms with Gasteiger partial charge in [-0.3, -0.25) is 9.89 Å². The molecule has 0 radical (unpaired) electrons. The predicted octanol–water partition coefficient (Wildman–Crippen LogP) is 2.69. The van der Waals surface area contributed by atoms with Crippen molar-refractivity contribution in [2.24, 2.45) is 4.99 Å². The lowest BCUT2D eigenvalue weighted by atomic mass is 9.79. The topological polar surface area (TPSA) is 42.9 Å². The Labute approximate surface area is 171 Å². The maximum atomic E-state index is 5.04. The van der Waals surface area contributed by atoms with Crippen molar-refractivity contribution in [1.29, 1.82) is 0 Å². The SMILES string of the molecule is CCNC(=NCC1(c2ccccc2)CCCC1)NCC(C)N1CCN(C)CC1. The Morgan fingerprint density at radius 3 is 2.39 bits per heavy atom. The maximum absolute atomic E-state index is 5.04. The van der Waals surface area contributed by atoms with Crippen LogP contribution in [-0.4, -0.2) is 74.7 Å². The lowest BCUT2D eigenvalue weighted by Gasteiger charge is -2.36. The van der Waals surface area contributed by atoms with Crippen LogP contribution in [0.1, 0.15) is 45.1 Å². The molecule has 1 aromatic rings. The Kier molecular flexibility index (Phi) is 7.74. The molecule has 2 fully saturated rings. The van der Waals surface area contributed by atoms with Crippen molar-refractivity contribution in [3.05, 3.63) is 35.9 Å². The molecule has 0 amide bonds. The fourth-order valence-electron chi connectivity index (χ4n) is 4.59. The Hall–Kier alpha value is -1.59. The van der Waals surface area contributed by atoms with Gasteiger partial charge in [0.15, 0.2) is 5.96 Å². The van der Waals surface area contributed by atoms with Crippen LogP contribution in [-0.2, 0) is 5.41 Å². The van der Waals surface area contributed by atoms with Crippen molar-refractivity contribution in [2.45, 2.75) is 51.0 Å². The molecule has 1 unspecified atom stereocenters. The third-order valence-electron chi connectivity index (χ3n) is 6.56. The number of aliphatic imine (C=N–C) groups is 1. The number of likely N-dealkylation sites (N-methyl/N-ethyl adjacent to an activating group) is 1. The molecule has 5 heteroatoms. The summed E-state index contributed by atoms with van der Waals surface area (Å²) < 4.78 is 0. The number of nitrogens with zero attached hydrogens (tertiary/aromatic N) is 3. The van der Waals surface area contributed by atoms with Gasteiger partial charge in [0.05, 0.1) is 6.54 Å². The Balaban J connectivity index is 1.60. The number of hydrogen-bond acceptors (Lipinski definition) is 3. The highest BCUT2D eigenvalue weighted by Gasteiger charge is 2.35. The standard InChI is InChI=1S/C23H39N5/c1-4-24-22(25-18-20(2)28-16-14-27(3)15-17-28)26-19-23(12-8-9-13-23)21-10-6-5-7-11-21/h5-7,10-11,20H,4,8-9,12-19H2,1-3H3,(H2,24,25,26). The molecule has 1 aliphatic heterocycles. The summed E-state index contributed by atoms with van der Waals surface area (Å²) in [5.74, 6) is 0.964. The van der Waals surface area contributed by atoms with Gasteiger partial charge in [0.25, 0.3) is 0 Å². The van der Waals surface area contributed by atoms with E-state index in [1.54, 1.807) is 0 Å². The van der Waals surface area contributed by atoms with E-state index in [0.717, 1.165) is 51.8 Å². The number of rotatable bonds is 7. The third kappa shape index (κ3) is 5.48. The molecule has 0 spiro atoms. The van der Waals surface area contributed by atoms with E-state index < -0.39 is 0 Å². The van der Waals surface area contributed by atoms with Crippen molar-refractivity contribution in [2.75, 3.05) is 52.9 Å². The molecule has 3 rings (SSSR count). The Morgan fingerprint density at radius 2 is 1.75 bits per heavy atom. The summed E-state index contributed by atoms with van der Waals surface area (Å²) in [6.45, 7) is 11.8. The average Bonchev–Trinajstić information content (AvgIpc) is 3.21. The summed E-state index contributed by atoms with van der Waals surface area (Å²) in [4.78, 5) is 10.0. The molecule has 1 heterocycles. The van der Waals surface area contributed by atoms with E-state index in [2.05, 4.69) is 71.7 Å². The van der Waals surface area contributed by atoms with Gasteiger partial charge in [-0.2, -0.15) is 0 Å². The van der Waals surface area contributed by atoms with Gasteiger partial charge in [0, 0.05) is 50.7 Å². The Bertz CT molecular complexity index is 601. The second kappa shape index (κ2) is 10.3. The van der Waals surface area contributed by atoms with E-state index >= 15 is 0 Å². The largest absolute Gasteiger partial charge is 0.357 e. The van der Waals surface area contributed by atoms with Crippen LogP contribution in [0, 0.1) is 0 Å². The molecule has 1 aliphatic carbocycles. The zero-order valence-electron chi connectivity index (χ0n) is 18.1. The van der Waals surface area contributed by atoms with Crippen LogP contribution in [0.3, 0.4) is 0 Å². The van der Waals surface area contributed by atoms with E-state index in [1.165, 1.54) is 31.2 Å². The fraction of sp³-hybridized carbons (Fsp3) is 0.696. The minimum atomic E-state index is 0.215. The van der Waals surface area contributed by atoms with Crippen molar-refractivity contribution < 1.29 is 0 Å². The number of benzene rings is 1. The highest BCUT2D eigenvalue weighted by atomic mass is 15.3. The second-order valence-electron chi connectivity index (χ2n) is 8.62. The smallest absolute Gasteiger partial charge is 0.191 e.